The number of hydrogen-bond acceptors (Lipinski definition) is 2. The Hall–Kier alpha value is -0.100. The van der Waals surface area contributed by atoms with E-state index in [1.165, 1.54) is 0 Å². The van der Waals surface area contributed by atoms with E-state index in [0.717, 1.165) is 28.4 Å². The maximum atomic E-state index is 13.0. The Morgan fingerprint density at radius 2 is 2.05 bits per heavy atom. The molecule has 0 spiro atoms. The number of alkyl halides is 1. The highest BCUT2D eigenvalue weighted by Crippen LogP contribution is 2.36. The van der Waals surface area contributed by atoms with Crippen molar-refractivity contribution in [3.63, 3.8) is 0 Å². The summed E-state index contributed by atoms with van der Waals surface area (Å²) < 4.78 is 28.3. The predicted octanol–water partition coefficient (Wildman–Crippen LogP) is 4.06. The van der Waals surface area contributed by atoms with Crippen LogP contribution < -0.4 is 0 Å². The number of benzene rings is 1. The lowest BCUT2D eigenvalue weighted by Crippen LogP contribution is -2.42. The number of halogens is 2. The number of nitrogens with zero attached hydrogens (tertiary/aromatic N) is 1. The fraction of sp³-hybridized carbons (Fsp3) is 0.571. The Kier molecular flexibility index (Phi) is 4.55. The summed E-state index contributed by atoms with van der Waals surface area (Å²) >= 11 is 9.29. The van der Waals surface area contributed by atoms with E-state index in [2.05, 4.69) is 15.9 Å². The zero-order valence-corrected chi connectivity index (χ0v) is 15.1. The van der Waals surface area contributed by atoms with E-state index in [4.69, 9.17) is 11.6 Å². The van der Waals surface area contributed by atoms with Crippen molar-refractivity contribution < 1.29 is 8.42 Å². The van der Waals surface area contributed by atoms with E-state index in [9.17, 15) is 8.42 Å². The lowest BCUT2D eigenvalue weighted by Gasteiger charge is -2.31. The van der Waals surface area contributed by atoms with Crippen molar-refractivity contribution in [2.45, 2.75) is 49.9 Å². The molecule has 0 aliphatic carbocycles. The standard InChI is InChI=1S/C14H19BrClNO2S/c1-10-12(15)7-11(9-16)8-13(10)20(18,19)17-6-4-5-14(17,2)3/h7-8H,4-6,9H2,1-3H3. The summed E-state index contributed by atoms with van der Waals surface area (Å²) in [7, 11) is -3.49. The van der Waals surface area contributed by atoms with Gasteiger partial charge in [0.15, 0.2) is 0 Å². The van der Waals surface area contributed by atoms with Crippen molar-refractivity contribution >= 4 is 37.6 Å². The van der Waals surface area contributed by atoms with Crippen LogP contribution in [-0.4, -0.2) is 24.8 Å². The predicted molar refractivity (Wildman–Crippen MR) is 85.6 cm³/mol. The molecule has 0 aromatic heterocycles. The molecule has 1 aliphatic heterocycles. The van der Waals surface area contributed by atoms with Crippen LogP contribution in [0.25, 0.3) is 0 Å². The van der Waals surface area contributed by atoms with Gasteiger partial charge in [0, 0.05) is 22.4 Å². The molecule has 3 nitrogen and oxygen atoms in total. The van der Waals surface area contributed by atoms with Crippen LogP contribution in [0.4, 0.5) is 0 Å². The molecule has 0 bridgehead atoms. The number of rotatable bonds is 3. The molecule has 0 saturated carbocycles. The molecule has 1 aliphatic rings. The van der Waals surface area contributed by atoms with Crippen LogP contribution in [0.3, 0.4) is 0 Å². The summed E-state index contributed by atoms with van der Waals surface area (Å²) in [6.07, 6.45) is 1.79. The topological polar surface area (TPSA) is 37.4 Å². The minimum absolute atomic E-state index is 0.296. The van der Waals surface area contributed by atoms with Crippen molar-refractivity contribution in [2.24, 2.45) is 0 Å². The van der Waals surface area contributed by atoms with Gasteiger partial charge >= 0.3 is 0 Å². The summed E-state index contributed by atoms with van der Waals surface area (Å²) in [6, 6.07) is 3.56. The van der Waals surface area contributed by atoms with Crippen molar-refractivity contribution in [3.8, 4) is 0 Å². The third-order valence-corrected chi connectivity index (χ3v) is 7.27. The quantitative estimate of drug-likeness (QED) is 0.742. The Bertz CT molecular complexity index is 628. The molecule has 1 aromatic carbocycles. The molecule has 1 fully saturated rings. The third kappa shape index (κ3) is 2.78. The van der Waals surface area contributed by atoms with Gasteiger partial charge in [-0.2, -0.15) is 4.31 Å². The monoisotopic (exact) mass is 379 g/mol. The van der Waals surface area contributed by atoms with E-state index in [1.54, 1.807) is 10.4 Å². The fourth-order valence-corrected chi connectivity index (χ4v) is 5.64. The molecule has 0 radical (unpaired) electrons. The van der Waals surface area contributed by atoms with Gasteiger partial charge in [-0.05, 0) is 56.9 Å². The van der Waals surface area contributed by atoms with Gasteiger partial charge in [-0.1, -0.05) is 15.9 Å². The van der Waals surface area contributed by atoms with Crippen molar-refractivity contribution in [1.82, 2.24) is 4.31 Å². The maximum Gasteiger partial charge on any atom is 0.243 e. The third-order valence-electron chi connectivity index (χ3n) is 3.90. The van der Waals surface area contributed by atoms with Gasteiger partial charge in [-0.15, -0.1) is 11.6 Å². The summed E-state index contributed by atoms with van der Waals surface area (Å²) in [5, 5.41) is 0. The molecule has 6 heteroatoms. The molecule has 20 heavy (non-hydrogen) atoms. The summed E-state index contributed by atoms with van der Waals surface area (Å²) in [5.41, 5.74) is 1.22. The second kappa shape index (κ2) is 5.59. The fourth-order valence-electron chi connectivity index (χ4n) is 2.70. The maximum absolute atomic E-state index is 13.0. The summed E-state index contributed by atoms with van der Waals surface area (Å²) in [4.78, 5) is 0.359. The van der Waals surface area contributed by atoms with Crippen molar-refractivity contribution in [1.29, 1.82) is 0 Å². The van der Waals surface area contributed by atoms with Gasteiger partial charge < -0.3 is 0 Å². The average molecular weight is 381 g/mol. The SMILES string of the molecule is Cc1c(Br)cc(CCl)cc1S(=O)(=O)N1CCCC1(C)C. The average Bonchev–Trinajstić information content (AvgIpc) is 2.72. The smallest absolute Gasteiger partial charge is 0.207 e. The molecular formula is C14H19BrClNO2S. The van der Waals surface area contributed by atoms with E-state index in [0.29, 0.717) is 17.3 Å². The summed E-state index contributed by atoms with van der Waals surface area (Å²) in [6.45, 7) is 6.36. The molecule has 0 atom stereocenters. The Labute approximate surface area is 134 Å². The lowest BCUT2D eigenvalue weighted by atomic mass is 10.0. The Morgan fingerprint density at radius 1 is 1.40 bits per heavy atom. The molecular weight excluding hydrogens is 362 g/mol. The minimum atomic E-state index is -3.49. The van der Waals surface area contributed by atoms with Crippen molar-refractivity contribution in [2.75, 3.05) is 6.54 Å². The largest absolute Gasteiger partial charge is 0.243 e. The van der Waals surface area contributed by atoms with Gasteiger partial charge in [0.05, 0.1) is 4.90 Å². The van der Waals surface area contributed by atoms with Gasteiger partial charge in [0.1, 0.15) is 0 Å². The molecule has 2 rings (SSSR count). The number of hydrogen-bond donors (Lipinski definition) is 0. The van der Waals surface area contributed by atoms with Crippen molar-refractivity contribution in [3.05, 3.63) is 27.7 Å². The highest BCUT2D eigenvalue weighted by atomic mass is 79.9. The van der Waals surface area contributed by atoms with Gasteiger partial charge in [0.2, 0.25) is 10.0 Å². The van der Waals surface area contributed by atoms with Gasteiger partial charge in [-0.3, -0.25) is 0 Å². The van der Waals surface area contributed by atoms with Crippen LogP contribution in [0.2, 0.25) is 0 Å². The van der Waals surface area contributed by atoms with Crippen LogP contribution in [-0.2, 0) is 15.9 Å². The molecule has 0 amide bonds. The summed E-state index contributed by atoms with van der Waals surface area (Å²) in [5.74, 6) is 0.296. The molecule has 0 N–H and O–H groups in total. The van der Waals surface area contributed by atoms with E-state index >= 15 is 0 Å². The van der Waals surface area contributed by atoms with Crippen LogP contribution >= 0.6 is 27.5 Å². The van der Waals surface area contributed by atoms with Crippen LogP contribution in [0.15, 0.2) is 21.5 Å². The highest BCUT2D eigenvalue weighted by molar-refractivity contribution is 9.10. The zero-order valence-electron chi connectivity index (χ0n) is 11.9. The normalized spacial score (nSPS) is 19.4. The van der Waals surface area contributed by atoms with Gasteiger partial charge in [0.25, 0.3) is 0 Å². The van der Waals surface area contributed by atoms with E-state index < -0.39 is 10.0 Å². The zero-order chi connectivity index (χ0) is 15.1. The Morgan fingerprint density at radius 3 is 2.55 bits per heavy atom. The molecule has 1 heterocycles. The van der Waals surface area contributed by atoms with Crippen LogP contribution in [0.5, 0.6) is 0 Å². The second-order valence-electron chi connectivity index (χ2n) is 5.83. The molecule has 1 aromatic rings. The first kappa shape index (κ1) is 16.3. The van der Waals surface area contributed by atoms with Gasteiger partial charge in [-0.25, -0.2) is 8.42 Å². The first-order valence-electron chi connectivity index (χ1n) is 6.58. The number of sulfonamides is 1. The lowest BCUT2D eigenvalue weighted by molar-refractivity contribution is 0.291. The first-order chi connectivity index (χ1) is 9.20. The van der Waals surface area contributed by atoms with Crippen LogP contribution in [0.1, 0.15) is 37.8 Å². The molecule has 1 saturated heterocycles. The van der Waals surface area contributed by atoms with E-state index in [1.807, 2.05) is 26.8 Å². The van der Waals surface area contributed by atoms with Crippen LogP contribution in [0, 0.1) is 6.92 Å². The Balaban J connectivity index is 2.58. The highest BCUT2D eigenvalue weighted by Gasteiger charge is 2.41. The second-order valence-corrected chi connectivity index (χ2v) is 8.78. The minimum Gasteiger partial charge on any atom is -0.207 e. The van der Waals surface area contributed by atoms with E-state index in [-0.39, 0.29) is 5.54 Å². The molecule has 112 valence electrons. The first-order valence-corrected chi connectivity index (χ1v) is 9.35. The molecule has 0 unspecified atom stereocenters.